The summed E-state index contributed by atoms with van der Waals surface area (Å²) in [4.78, 5) is 8.55. The van der Waals surface area contributed by atoms with Gasteiger partial charge in [-0.3, -0.25) is 9.39 Å². The summed E-state index contributed by atoms with van der Waals surface area (Å²) in [6.07, 6.45) is 3.75. The van der Waals surface area contributed by atoms with E-state index in [1.54, 1.807) is 7.05 Å². The van der Waals surface area contributed by atoms with Crippen LogP contribution in [0.15, 0.2) is 33.8 Å². The summed E-state index contributed by atoms with van der Waals surface area (Å²) in [5, 5.41) is 14.9. The lowest BCUT2D eigenvalue weighted by atomic mass is 10.3. The molecule has 0 fully saturated rings. The molecule has 3 aromatic heterocycles. The normalized spacial score (nSPS) is 11.9. The quantitative estimate of drug-likeness (QED) is 0.402. The second-order valence-electron chi connectivity index (χ2n) is 5.75. The molecule has 0 bridgehead atoms. The molecule has 3 heterocycles. The molecule has 2 N–H and O–H groups in total. The van der Waals surface area contributed by atoms with Gasteiger partial charge < -0.3 is 15.1 Å². The lowest BCUT2D eigenvalue weighted by molar-refractivity contribution is 0.463. The third-order valence-corrected chi connectivity index (χ3v) is 3.96. The highest BCUT2D eigenvalue weighted by atomic mass is 16.4. The van der Waals surface area contributed by atoms with Crippen molar-refractivity contribution in [2.24, 2.45) is 4.99 Å². The van der Waals surface area contributed by atoms with Gasteiger partial charge in [0.05, 0.1) is 12.2 Å². The van der Waals surface area contributed by atoms with Crippen LogP contribution in [0.2, 0.25) is 0 Å². The van der Waals surface area contributed by atoms with E-state index in [0.29, 0.717) is 12.4 Å². The monoisotopic (exact) mass is 341 g/mol. The van der Waals surface area contributed by atoms with Gasteiger partial charge in [-0.1, -0.05) is 6.07 Å². The molecule has 132 valence electrons. The van der Waals surface area contributed by atoms with Crippen molar-refractivity contribution in [2.45, 2.75) is 33.2 Å². The minimum atomic E-state index is 0.503. The Morgan fingerprint density at radius 1 is 1.24 bits per heavy atom. The summed E-state index contributed by atoms with van der Waals surface area (Å²) in [7, 11) is 1.74. The number of pyridine rings is 1. The van der Waals surface area contributed by atoms with Crippen LogP contribution in [-0.2, 0) is 13.0 Å². The van der Waals surface area contributed by atoms with Crippen LogP contribution in [0.4, 0.5) is 0 Å². The predicted molar refractivity (Wildman–Crippen MR) is 95.5 cm³/mol. The fraction of sp³-hybridized carbons (Fsp3) is 0.412. The fourth-order valence-corrected chi connectivity index (χ4v) is 2.51. The van der Waals surface area contributed by atoms with Crippen molar-refractivity contribution in [2.75, 3.05) is 13.6 Å². The Labute approximate surface area is 146 Å². The Morgan fingerprint density at radius 3 is 2.88 bits per heavy atom. The summed E-state index contributed by atoms with van der Waals surface area (Å²) < 4.78 is 7.56. The van der Waals surface area contributed by atoms with Crippen LogP contribution in [0, 0.1) is 13.8 Å². The third-order valence-electron chi connectivity index (χ3n) is 3.96. The van der Waals surface area contributed by atoms with Gasteiger partial charge in [-0.05, 0) is 32.4 Å². The van der Waals surface area contributed by atoms with Gasteiger partial charge >= 0.3 is 0 Å². The second-order valence-corrected chi connectivity index (χ2v) is 5.75. The number of aliphatic imine (C=N–C) groups is 1. The van der Waals surface area contributed by atoms with Crippen molar-refractivity contribution >= 4 is 11.6 Å². The van der Waals surface area contributed by atoms with Gasteiger partial charge in [0.25, 0.3) is 0 Å². The summed E-state index contributed by atoms with van der Waals surface area (Å²) in [6.45, 7) is 5.13. The molecular weight excluding hydrogens is 318 g/mol. The number of nitrogens with one attached hydrogen (secondary N) is 2. The fourth-order valence-electron chi connectivity index (χ4n) is 2.51. The van der Waals surface area contributed by atoms with E-state index >= 15 is 0 Å². The van der Waals surface area contributed by atoms with Crippen molar-refractivity contribution in [3.63, 3.8) is 0 Å². The van der Waals surface area contributed by atoms with E-state index in [1.807, 2.05) is 42.6 Å². The second kappa shape index (κ2) is 7.78. The molecule has 0 spiro atoms. The van der Waals surface area contributed by atoms with Gasteiger partial charge in [-0.15, -0.1) is 10.2 Å². The zero-order valence-corrected chi connectivity index (χ0v) is 14.8. The molecule has 0 atom stereocenters. The summed E-state index contributed by atoms with van der Waals surface area (Å²) in [5.41, 5.74) is 1.79. The van der Waals surface area contributed by atoms with E-state index in [0.717, 1.165) is 48.3 Å². The summed E-state index contributed by atoms with van der Waals surface area (Å²) >= 11 is 0. The van der Waals surface area contributed by atoms with Gasteiger partial charge in [-0.2, -0.15) is 0 Å². The molecular formula is C17H23N7O. The highest BCUT2D eigenvalue weighted by molar-refractivity contribution is 5.79. The highest BCUT2D eigenvalue weighted by Crippen LogP contribution is 2.07. The Morgan fingerprint density at radius 2 is 2.12 bits per heavy atom. The molecule has 0 aliphatic rings. The van der Waals surface area contributed by atoms with Gasteiger partial charge in [0.15, 0.2) is 11.6 Å². The van der Waals surface area contributed by atoms with Crippen molar-refractivity contribution in [1.82, 2.24) is 30.2 Å². The van der Waals surface area contributed by atoms with E-state index < -0.39 is 0 Å². The zero-order valence-electron chi connectivity index (χ0n) is 14.8. The maximum Gasteiger partial charge on any atom is 0.214 e. The lowest BCUT2D eigenvalue weighted by Gasteiger charge is -2.10. The number of fused-ring (bicyclic) bond motifs is 1. The average Bonchev–Trinajstić information content (AvgIpc) is 3.18. The van der Waals surface area contributed by atoms with E-state index in [2.05, 4.69) is 30.8 Å². The first-order chi connectivity index (χ1) is 12.2. The number of aromatic nitrogens is 4. The van der Waals surface area contributed by atoms with Gasteiger partial charge in [0.2, 0.25) is 5.89 Å². The molecule has 3 rings (SSSR count). The summed E-state index contributed by atoms with van der Waals surface area (Å²) in [5.74, 6) is 3.19. The molecule has 8 heteroatoms. The van der Waals surface area contributed by atoms with E-state index in [-0.39, 0.29) is 0 Å². The topological polar surface area (TPSA) is 92.6 Å². The Balaban J connectivity index is 1.44. The third kappa shape index (κ3) is 4.14. The molecule has 0 saturated heterocycles. The average molecular weight is 341 g/mol. The number of guanidine groups is 1. The number of hydrogen-bond donors (Lipinski definition) is 2. The molecule has 8 nitrogen and oxygen atoms in total. The van der Waals surface area contributed by atoms with E-state index in [4.69, 9.17) is 4.42 Å². The van der Waals surface area contributed by atoms with Crippen LogP contribution in [0.25, 0.3) is 5.65 Å². The Kier molecular flexibility index (Phi) is 5.27. The standard InChI is InChI=1S/C17H23N7O/c1-12-13(2)25-16(21-12)11-20-17(18-3)19-9-6-8-15-23-22-14-7-4-5-10-24(14)15/h4-5,7,10H,6,8-9,11H2,1-3H3,(H2,18,19,20). The van der Waals surface area contributed by atoms with Crippen LogP contribution in [0.5, 0.6) is 0 Å². The summed E-state index contributed by atoms with van der Waals surface area (Å²) in [6, 6.07) is 5.89. The highest BCUT2D eigenvalue weighted by Gasteiger charge is 2.07. The minimum Gasteiger partial charge on any atom is -0.444 e. The predicted octanol–water partition coefficient (Wildman–Crippen LogP) is 1.63. The van der Waals surface area contributed by atoms with Gasteiger partial charge in [-0.25, -0.2) is 4.98 Å². The van der Waals surface area contributed by atoms with Gasteiger partial charge in [0, 0.05) is 26.2 Å². The molecule has 0 amide bonds. The van der Waals surface area contributed by atoms with Crippen molar-refractivity contribution in [1.29, 1.82) is 0 Å². The molecule has 0 aliphatic carbocycles. The smallest absolute Gasteiger partial charge is 0.214 e. The number of oxazole rings is 1. The first kappa shape index (κ1) is 16.9. The maximum atomic E-state index is 5.55. The number of aryl methyl sites for hydroxylation is 3. The SMILES string of the molecule is CN=C(NCCCc1nnc2ccccn12)NCc1nc(C)c(C)o1. The number of rotatable bonds is 6. The lowest BCUT2D eigenvalue weighted by Crippen LogP contribution is -2.37. The zero-order chi connectivity index (χ0) is 17.6. The van der Waals surface area contributed by atoms with Crippen molar-refractivity contribution in [3.05, 3.63) is 47.6 Å². The molecule has 0 aromatic carbocycles. The Bertz CT molecular complexity index is 845. The molecule has 25 heavy (non-hydrogen) atoms. The molecule has 0 saturated carbocycles. The number of hydrogen-bond acceptors (Lipinski definition) is 5. The molecule has 0 unspecified atom stereocenters. The molecule has 0 radical (unpaired) electrons. The maximum absolute atomic E-state index is 5.55. The Hall–Kier alpha value is -2.90. The van der Waals surface area contributed by atoms with E-state index in [1.165, 1.54) is 0 Å². The molecule has 0 aliphatic heterocycles. The molecule has 3 aromatic rings. The number of nitrogens with zero attached hydrogens (tertiary/aromatic N) is 5. The van der Waals surface area contributed by atoms with Crippen LogP contribution >= 0.6 is 0 Å². The first-order valence-electron chi connectivity index (χ1n) is 8.33. The van der Waals surface area contributed by atoms with Crippen LogP contribution in [0.1, 0.15) is 29.6 Å². The van der Waals surface area contributed by atoms with Crippen molar-refractivity contribution < 1.29 is 4.42 Å². The van der Waals surface area contributed by atoms with Crippen LogP contribution < -0.4 is 10.6 Å². The minimum absolute atomic E-state index is 0.503. The van der Waals surface area contributed by atoms with Gasteiger partial charge in [0.1, 0.15) is 11.6 Å². The van der Waals surface area contributed by atoms with Crippen LogP contribution in [0.3, 0.4) is 0 Å². The van der Waals surface area contributed by atoms with E-state index in [9.17, 15) is 0 Å². The van der Waals surface area contributed by atoms with Crippen LogP contribution in [-0.4, -0.2) is 39.1 Å². The first-order valence-corrected chi connectivity index (χ1v) is 8.33. The van der Waals surface area contributed by atoms with Crippen molar-refractivity contribution in [3.8, 4) is 0 Å². The largest absolute Gasteiger partial charge is 0.444 e.